The van der Waals surface area contributed by atoms with Crippen LogP contribution in [0.4, 0.5) is 0 Å². The van der Waals surface area contributed by atoms with Crippen LogP contribution < -0.4 is 0 Å². The van der Waals surface area contributed by atoms with E-state index in [-0.39, 0.29) is 11.1 Å². The van der Waals surface area contributed by atoms with E-state index in [1.807, 2.05) is 0 Å². The zero-order valence-electron chi connectivity index (χ0n) is 6.68. The number of carbonyl (C=O) groups excluding carboxylic acids is 3. The van der Waals surface area contributed by atoms with Gasteiger partial charge in [-0.3, -0.25) is 9.59 Å². The summed E-state index contributed by atoms with van der Waals surface area (Å²) in [5.74, 6) is 0.882. The Morgan fingerprint density at radius 2 is 1.83 bits per heavy atom. The fraction of sp³-hybridized carbons (Fsp3) is 0.250. The summed E-state index contributed by atoms with van der Waals surface area (Å²) in [4.78, 5) is 31.3. The van der Waals surface area contributed by atoms with Gasteiger partial charge in [0.1, 0.15) is 5.94 Å². The Labute approximate surface area is 74.7 Å². The molecule has 0 heterocycles. The molecule has 0 unspecified atom stereocenters. The van der Waals surface area contributed by atoms with Gasteiger partial charge in [0.15, 0.2) is 5.78 Å². The summed E-state index contributed by atoms with van der Waals surface area (Å²) >= 11 is 5.05. The van der Waals surface area contributed by atoms with Crippen molar-refractivity contribution in [1.29, 1.82) is 0 Å². The molecular formula is C8H7ClO3. The van der Waals surface area contributed by atoms with E-state index in [0.29, 0.717) is 0 Å². The van der Waals surface area contributed by atoms with Gasteiger partial charge in [0.2, 0.25) is 5.24 Å². The third-order valence-corrected chi connectivity index (χ3v) is 1.48. The highest BCUT2D eigenvalue weighted by Gasteiger charge is 2.05. The van der Waals surface area contributed by atoms with Crippen LogP contribution in [-0.4, -0.2) is 17.0 Å². The normalized spacial score (nSPS) is 10.4. The van der Waals surface area contributed by atoms with Crippen molar-refractivity contribution >= 4 is 28.6 Å². The van der Waals surface area contributed by atoms with Gasteiger partial charge in [-0.1, -0.05) is 0 Å². The van der Waals surface area contributed by atoms with Crippen molar-refractivity contribution in [1.82, 2.24) is 0 Å². The summed E-state index contributed by atoms with van der Waals surface area (Å²) in [5, 5.41) is -0.706. The van der Waals surface area contributed by atoms with Gasteiger partial charge in [-0.15, -0.1) is 0 Å². The van der Waals surface area contributed by atoms with E-state index in [0.717, 1.165) is 6.08 Å². The molecule has 0 aromatic carbocycles. The molecule has 0 aromatic rings. The first-order chi connectivity index (χ1) is 5.49. The molecule has 0 aliphatic rings. The zero-order valence-corrected chi connectivity index (χ0v) is 7.44. The average Bonchev–Trinajstić information content (AvgIpc) is 2.02. The molecule has 0 atom stereocenters. The minimum Gasteiger partial charge on any atom is -0.289 e. The van der Waals surface area contributed by atoms with Crippen molar-refractivity contribution in [3.05, 3.63) is 17.2 Å². The average molecular weight is 187 g/mol. The molecule has 0 amide bonds. The SMILES string of the molecule is CC(=C=O)C(=O)/C=C(\C)C(=O)Cl. The van der Waals surface area contributed by atoms with Gasteiger partial charge in [0.05, 0.1) is 5.57 Å². The molecule has 12 heavy (non-hydrogen) atoms. The predicted octanol–water partition coefficient (Wildman–Crippen LogP) is 1.05. The maximum atomic E-state index is 10.9. The summed E-state index contributed by atoms with van der Waals surface area (Å²) in [6, 6.07) is 0. The lowest BCUT2D eigenvalue weighted by Crippen LogP contribution is -1.99. The van der Waals surface area contributed by atoms with Gasteiger partial charge >= 0.3 is 0 Å². The largest absolute Gasteiger partial charge is 0.289 e. The molecule has 4 heteroatoms. The van der Waals surface area contributed by atoms with Crippen LogP contribution in [0.25, 0.3) is 0 Å². The minimum absolute atomic E-state index is 0.0766. The number of hydrogen-bond donors (Lipinski definition) is 0. The molecule has 0 rings (SSSR count). The van der Waals surface area contributed by atoms with Crippen LogP contribution in [-0.2, 0) is 14.4 Å². The molecule has 0 spiro atoms. The van der Waals surface area contributed by atoms with Gasteiger partial charge < -0.3 is 0 Å². The van der Waals surface area contributed by atoms with E-state index < -0.39 is 11.0 Å². The van der Waals surface area contributed by atoms with E-state index in [1.165, 1.54) is 19.8 Å². The second kappa shape index (κ2) is 4.65. The van der Waals surface area contributed by atoms with Crippen molar-refractivity contribution in [2.45, 2.75) is 13.8 Å². The smallest absolute Gasteiger partial charge is 0.248 e. The fourth-order valence-electron chi connectivity index (χ4n) is 0.412. The van der Waals surface area contributed by atoms with Crippen LogP contribution in [0, 0.1) is 0 Å². The summed E-state index contributed by atoms with van der Waals surface area (Å²) in [5.41, 5.74) is 0.0310. The molecule has 0 saturated heterocycles. The first kappa shape index (κ1) is 10.8. The zero-order chi connectivity index (χ0) is 9.72. The standard InChI is InChI=1S/C8H7ClO3/c1-5(8(9)12)3-7(11)6(2)4-10/h3H,1-2H3/b5-3+. The molecule has 3 nitrogen and oxygen atoms in total. The summed E-state index contributed by atoms with van der Waals surface area (Å²) < 4.78 is 0. The molecular weight excluding hydrogens is 180 g/mol. The summed E-state index contributed by atoms with van der Waals surface area (Å²) in [6.45, 7) is 2.71. The van der Waals surface area contributed by atoms with Crippen molar-refractivity contribution < 1.29 is 14.4 Å². The Balaban J connectivity index is 4.67. The number of carbonyl (C=O) groups is 2. The lowest BCUT2D eigenvalue weighted by atomic mass is 10.1. The maximum Gasteiger partial charge on any atom is 0.248 e. The Morgan fingerprint density at radius 3 is 2.17 bits per heavy atom. The third kappa shape index (κ3) is 3.28. The lowest BCUT2D eigenvalue weighted by molar-refractivity contribution is -0.112. The topological polar surface area (TPSA) is 51.2 Å². The van der Waals surface area contributed by atoms with Crippen molar-refractivity contribution in [3.63, 3.8) is 0 Å². The first-order valence-corrected chi connectivity index (χ1v) is 3.51. The van der Waals surface area contributed by atoms with Crippen LogP contribution in [0.1, 0.15) is 13.8 Å². The molecule has 0 aromatic heterocycles. The van der Waals surface area contributed by atoms with Gasteiger partial charge in [0, 0.05) is 5.57 Å². The number of ketones is 1. The summed E-state index contributed by atoms with van der Waals surface area (Å²) in [7, 11) is 0. The van der Waals surface area contributed by atoms with Crippen LogP contribution in [0.2, 0.25) is 0 Å². The van der Waals surface area contributed by atoms with Gasteiger partial charge in [-0.05, 0) is 31.5 Å². The third-order valence-electron chi connectivity index (χ3n) is 1.18. The van der Waals surface area contributed by atoms with Crippen LogP contribution in [0.3, 0.4) is 0 Å². The van der Waals surface area contributed by atoms with E-state index in [2.05, 4.69) is 0 Å². The molecule has 0 fully saturated rings. The number of halogens is 1. The van der Waals surface area contributed by atoms with Gasteiger partial charge in [-0.25, -0.2) is 4.79 Å². The monoisotopic (exact) mass is 186 g/mol. The molecule has 64 valence electrons. The van der Waals surface area contributed by atoms with Crippen molar-refractivity contribution in [2.75, 3.05) is 0 Å². The Bertz CT molecular complexity index is 295. The molecule has 0 saturated carbocycles. The van der Waals surface area contributed by atoms with E-state index in [1.54, 1.807) is 0 Å². The Kier molecular flexibility index (Phi) is 4.19. The maximum absolute atomic E-state index is 10.9. The lowest BCUT2D eigenvalue weighted by Gasteiger charge is -1.90. The minimum atomic E-state index is -0.706. The number of rotatable bonds is 3. The van der Waals surface area contributed by atoms with Crippen molar-refractivity contribution in [2.24, 2.45) is 0 Å². The van der Waals surface area contributed by atoms with Gasteiger partial charge in [0.25, 0.3) is 0 Å². The second-order valence-electron chi connectivity index (χ2n) is 2.19. The quantitative estimate of drug-likeness (QED) is 0.376. The van der Waals surface area contributed by atoms with Crippen LogP contribution in [0.15, 0.2) is 17.2 Å². The molecule has 0 aliphatic carbocycles. The van der Waals surface area contributed by atoms with Crippen LogP contribution >= 0.6 is 11.6 Å². The first-order valence-electron chi connectivity index (χ1n) is 3.13. The van der Waals surface area contributed by atoms with E-state index in [9.17, 15) is 14.4 Å². The Morgan fingerprint density at radius 1 is 1.33 bits per heavy atom. The van der Waals surface area contributed by atoms with Crippen molar-refractivity contribution in [3.8, 4) is 0 Å². The van der Waals surface area contributed by atoms with Crippen LogP contribution in [0.5, 0.6) is 0 Å². The highest BCUT2D eigenvalue weighted by atomic mass is 35.5. The predicted molar refractivity (Wildman–Crippen MR) is 44.5 cm³/mol. The molecule has 0 N–H and O–H groups in total. The van der Waals surface area contributed by atoms with E-state index in [4.69, 9.17) is 11.6 Å². The highest BCUT2D eigenvalue weighted by molar-refractivity contribution is 6.67. The number of hydrogen-bond acceptors (Lipinski definition) is 3. The summed E-state index contributed by atoms with van der Waals surface area (Å²) in [6.07, 6.45) is 1.01. The highest BCUT2D eigenvalue weighted by Crippen LogP contribution is 2.01. The molecule has 0 radical (unpaired) electrons. The molecule has 0 aliphatic heterocycles. The fourth-order valence-corrected chi connectivity index (χ4v) is 0.466. The number of allylic oxidation sites excluding steroid dienone is 3. The Hall–Kier alpha value is -1.18. The van der Waals surface area contributed by atoms with Gasteiger partial charge in [-0.2, -0.15) is 0 Å². The molecule has 0 bridgehead atoms. The second-order valence-corrected chi connectivity index (χ2v) is 2.54. The van der Waals surface area contributed by atoms with E-state index >= 15 is 0 Å².